The quantitative estimate of drug-likeness (QED) is 0.743. The van der Waals surface area contributed by atoms with E-state index in [-0.39, 0.29) is 5.41 Å². The second-order valence-electron chi connectivity index (χ2n) is 5.49. The van der Waals surface area contributed by atoms with Gasteiger partial charge in [-0.15, -0.1) is 11.6 Å². The predicted octanol–water partition coefficient (Wildman–Crippen LogP) is 4.91. The van der Waals surface area contributed by atoms with Gasteiger partial charge in [0.05, 0.1) is 12.1 Å². The van der Waals surface area contributed by atoms with Crippen LogP contribution in [0.5, 0.6) is 11.5 Å². The third-order valence-corrected chi connectivity index (χ3v) is 3.25. The van der Waals surface area contributed by atoms with Crippen LogP contribution in [0.3, 0.4) is 0 Å². The summed E-state index contributed by atoms with van der Waals surface area (Å²) >= 11 is 5.88. The van der Waals surface area contributed by atoms with Crippen LogP contribution >= 0.6 is 11.6 Å². The van der Waals surface area contributed by atoms with Gasteiger partial charge in [0.2, 0.25) is 0 Å². The molecule has 1 heterocycles. The third kappa shape index (κ3) is 3.48. The summed E-state index contributed by atoms with van der Waals surface area (Å²) in [5.74, 6) is 1.92. The maximum atomic E-state index is 5.88. The molecule has 0 aliphatic heterocycles. The van der Waals surface area contributed by atoms with E-state index in [4.69, 9.17) is 16.3 Å². The lowest BCUT2D eigenvalue weighted by Gasteiger charge is -2.19. The Labute approximate surface area is 119 Å². The predicted molar refractivity (Wildman–Crippen MR) is 79.0 cm³/mol. The van der Waals surface area contributed by atoms with Gasteiger partial charge in [0, 0.05) is 11.8 Å². The van der Waals surface area contributed by atoms with Crippen LogP contribution in [0.2, 0.25) is 0 Å². The molecule has 0 saturated heterocycles. The van der Waals surface area contributed by atoms with Crippen LogP contribution in [0.25, 0.3) is 0 Å². The van der Waals surface area contributed by atoms with Crippen LogP contribution in [-0.2, 0) is 11.3 Å². The van der Waals surface area contributed by atoms with Gasteiger partial charge < -0.3 is 4.74 Å². The first-order chi connectivity index (χ1) is 9.00. The number of rotatable bonds is 3. The normalized spacial score (nSPS) is 11.4. The van der Waals surface area contributed by atoms with Crippen LogP contribution in [-0.4, -0.2) is 4.98 Å². The lowest BCUT2D eigenvalue weighted by Crippen LogP contribution is -2.10. The van der Waals surface area contributed by atoms with Crippen molar-refractivity contribution in [2.45, 2.75) is 32.1 Å². The van der Waals surface area contributed by atoms with Crippen LogP contribution in [0.1, 0.15) is 31.9 Å². The summed E-state index contributed by atoms with van der Waals surface area (Å²) < 4.78 is 5.82. The molecule has 0 bridgehead atoms. The van der Waals surface area contributed by atoms with Gasteiger partial charge in [0.1, 0.15) is 11.5 Å². The molecule has 0 atom stereocenters. The number of nitrogens with zero attached hydrogens (tertiary/aromatic N) is 1. The first-order valence-electron chi connectivity index (χ1n) is 6.28. The molecule has 0 saturated carbocycles. The standard InChI is InChI=1S/C16H18ClNO/c1-16(2,3)13-4-6-14(7-5-13)19-15-11-18-9-8-12(15)10-17/h4-9,11H,10H2,1-3H3. The molecule has 1 aromatic carbocycles. The molecule has 100 valence electrons. The van der Waals surface area contributed by atoms with Gasteiger partial charge >= 0.3 is 0 Å². The van der Waals surface area contributed by atoms with Crippen LogP contribution in [0.4, 0.5) is 0 Å². The highest BCUT2D eigenvalue weighted by Gasteiger charge is 2.13. The topological polar surface area (TPSA) is 22.1 Å². The van der Waals surface area contributed by atoms with Gasteiger partial charge in [-0.1, -0.05) is 32.9 Å². The van der Waals surface area contributed by atoms with Crippen molar-refractivity contribution in [3.8, 4) is 11.5 Å². The minimum Gasteiger partial charge on any atom is -0.455 e. The molecular formula is C16H18ClNO. The Bertz CT molecular complexity index is 543. The summed E-state index contributed by atoms with van der Waals surface area (Å²) in [5, 5.41) is 0. The number of aromatic nitrogens is 1. The van der Waals surface area contributed by atoms with E-state index in [0.29, 0.717) is 11.6 Å². The first kappa shape index (κ1) is 13.9. The summed E-state index contributed by atoms with van der Waals surface area (Å²) in [6.07, 6.45) is 3.41. The Hall–Kier alpha value is -1.54. The van der Waals surface area contributed by atoms with Gasteiger partial charge in [-0.2, -0.15) is 0 Å². The molecular weight excluding hydrogens is 258 g/mol. The smallest absolute Gasteiger partial charge is 0.150 e. The number of pyridine rings is 1. The van der Waals surface area contributed by atoms with Crippen molar-refractivity contribution in [2.75, 3.05) is 0 Å². The van der Waals surface area contributed by atoms with E-state index in [9.17, 15) is 0 Å². The molecule has 0 aliphatic carbocycles. The number of alkyl halides is 1. The lowest BCUT2D eigenvalue weighted by atomic mass is 9.87. The Kier molecular flexibility index (Phi) is 4.11. The highest BCUT2D eigenvalue weighted by Crippen LogP contribution is 2.28. The van der Waals surface area contributed by atoms with E-state index in [0.717, 1.165) is 11.3 Å². The Morgan fingerprint density at radius 2 is 1.79 bits per heavy atom. The Balaban J connectivity index is 2.20. The third-order valence-electron chi connectivity index (χ3n) is 2.96. The van der Waals surface area contributed by atoms with E-state index in [1.54, 1.807) is 12.4 Å². The summed E-state index contributed by atoms with van der Waals surface area (Å²) in [6.45, 7) is 6.57. The van der Waals surface area contributed by atoms with Gasteiger partial charge in [0.15, 0.2) is 0 Å². The highest BCUT2D eigenvalue weighted by atomic mass is 35.5. The molecule has 0 unspecified atom stereocenters. The fourth-order valence-corrected chi connectivity index (χ4v) is 1.98. The summed E-state index contributed by atoms with van der Waals surface area (Å²) in [4.78, 5) is 4.06. The molecule has 0 fully saturated rings. The minimum atomic E-state index is 0.147. The molecule has 0 aliphatic rings. The summed E-state index contributed by atoms with van der Waals surface area (Å²) in [7, 11) is 0. The fraction of sp³-hybridized carbons (Fsp3) is 0.312. The number of hydrogen-bond donors (Lipinski definition) is 0. The molecule has 2 rings (SSSR count). The van der Waals surface area contributed by atoms with Crippen molar-refractivity contribution in [1.29, 1.82) is 0 Å². The van der Waals surface area contributed by atoms with E-state index < -0.39 is 0 Å². The molecule has 0 radical (unpaired) electrons. The zero-order chi connectivity index (χ0) is 13.9. The second-order valence-corrected chi connectivity index (χ2v) is 5.76. The first-order valence-corrected chi connectivity index (χ1v) is 6.81. The van der Waals surface area contributed by atoms with Gasteiger partial charge in [0.25, 0.3) is 0 Å². The van der Waals surface area contributed by atoms with Crippen LogP contribution < -0.4 is 4.74 Å². The number of ether oxygens (including phenoxy) is 1. The Morgan fingerprint density at radius 1 is 1.11 bits per heavy atom. The Morgan fingerprint density at radius 3 is 2.37 bits per heavy atom. The van der Waals surface area contributed by atoms with Crippen LogP contribution in [0, 0.1) is 0 Å². The van der Waals surface area contributed by atoms with Crippen molar-refractivity contribution in [3.63, 3.8) is 0 Å². The lowest BCUT2D eigenvalue weighted by molar-refractivity contribution is 0.474. The van der Waals surface area contributed by atoms with Crippen molar-refractivity contribution < 1.29 is 4.74 Å². The van der Waals surface area contributed by atoms with E-state index >= 15 is 0 Å². The minimum absolute atomic E-state index is 0.147. The molecule has 2 nitrogen and oxygen atoms in total. The zero-order valence-electron chi connectivity index (χ0n) is 11.5. The zero-order valence-corrected chi connectivity index (χ0v) is 12.2. The molecule has 3 heteroatoms. The average molecular weight is 276 g/mol. The number of hydrogen-bond acceptors (Lipinski definition) is 2. The SMILES string of the molecule is CC(C)(C)c1ccc(Oc2cnccc2CCl)cc1. The number of benzene rings is 1. The molecule has 0 spiro atoms. The van der Waals surface area contributed by atoms with Gasteiger partial charge in [-0.25, -0.2) is 0 Å². The van der Waals surface area contributed by atoms with Crippen molar-refractivity contribution in [1.82, 2.24) is 4.98 Å². The summed E-state index contributed by atoms with van der Waals surface area (Å²) in [6, 6.07) is 10.0. The van der Waals surface area contributed by atoms with Crippen molar-refractivity contribution in [3.05, 3.63) is 53.9 Å². The summed E-state index contributed by atoms with van der Waals surface area (Å²) in [5.41, 5.74) is 2.37. The van der Waals surface area contributed by atoms with Crippen molar-refractivity contribution >= 4 is 11.6 Å². The van der Waals surface area contributed by atoms with E-state index in [1.807, 2.05) is 18.2 Å². The second kappa shape index (κ2) is 5.62. The fourth-order valence-electron chi connectivity index (χ4n) is 1.76. The van der Waals surface area contributed by atoms with Crippen molar-refractivity contribution in [2.24, 2.45) is 0 Å². The largest absolute Gasteiger partial charge is 0.455 e. The maximum Gasteiger partial charge on any atom is 0.150 e. The van der Waals surface area contributed by atoms with E-state index in [1.165, 1.54) is 5.56 Å². The number of halogens is 1. The molecule has 19 heavy (non-hydrogen) atoms. The van der Waals surface area contributed by atoms with Gasteiger partial charge in [-0.05, 0) is 29.2 Å². The van der Waals surface area contributed by atoms with Crippen LogP contribution in [0.15, 0.2) is 42.7 Å². The average Bonchev–Trinajstić information content (AvgIpc) is 2.39. The molecule has 1 aromatic heterocycles. The molecule has 2 aromatic rings. The van der Waals surface area contributed by atoms with Gasteiger partial charge in [-0.3, -0.25) is 4.98 Å². The monoisotopic (exact) mass is 275 g/mol. The van der Waals surface area contributed by atoms with E-state index in [2.05, 4.69) is 37.9 Å². The molecule has 0 amide bonds. The molecule has 0 N–H and O–H groups in total. The highest BCUT2D eigenvalue weighted by molar-refractivity contribution is 6.17. The maximum absolute atomic E-state index is 5.88.